The molecule has 0 saturated heterocycles. The molecule has 2 unspecified atom stereocenters. The summed E-state index contributed by atoms with van der Waals surface area (Å²) >= 11 is 0. The second-order valence-corrected chi connectivity index (χ2v) is 7.26. The molecular formula is C20H34N4. The molecule has 4 heteroatoms. The van der Waals surface area contributed by atoms with E-state index in [0.29, 0.717) is 11.8 Å². The summed E-state index contributed by atoms with van der Waals surface area (Å²) in [5.74, 6) is 1.91. The topological polar surface area (TPSA) is 53.6 Å². The molecule has 4 nitrogen and oxygen atoms in total. The van der Waals surface area contributed by atoms with Crippen LogP contribution in [-0.4, -0.2) is 16.3 Å². The van der Waals surface area contributed by atoms with Crippen molar-refractivity contribution in [2.75, 3.05) is 11.9 Å². The first kappa shape index (κ1) is 18.8. The van der Waals surface area contributed by atoms with Crippen LogP contribution in [0.1, 0.15) is 95.7 Å². The number of aryl methyl sites for hydroxylation is 1. The van der Waals surface area contributed by atoms with Gasteiger partial charge < -0.3 is 5.32 Å². The van der Waals surface area contributed by atoms with Crippen molar-refractivity contribution in [2.24, 2.45) is 5.92 Å². The summed E-state index contributed by atoms with van der Waals surface area (Å²) in [5.41, 5.74) is 1.98. The van der Waals surface area contributed by atoms with Crippen LogP contribution in [0.3, 0.4) is 0 Å². The predicted molar refractivity (Wildman–Crippen MR) is 100 cm³/mol. The molecule has 134 valence electrons. The van der Waals surface area contributed by atoms with E-state index in [4.69, 9.17) is 0 Å². The Morgan fingerprint density at radius 3 is 2.71 bits per heavy atom. The standard InChI is InChI=1S/C20H34N4/c1-4-6-7-8-9-10-12-16(3)17-13-11-14-24-19(17)18(15-21)20(23-24)22-5-2/h16-17H,4-14H2,1-3H3,(H,22,23). The van der Waals surface area contributed by atoms with Gasteiger partial charge in [-0.2, -0.15) is 10.4 Å². The van der Waals surface area contributed by atoms with E-state index >= 15 is 0 Å². The van der Waals surface area contributed by atoms with Crippen molar-refractivity contribution in [2.45, 2.75) is 91.0 Å². The van der Waals surface area contributed by atoms with E-state index in [2.05, 4.69) is 41.9 Å². The lowest BCUT2D eigenvalue weighted by atomic mass is 9.80. The van der Waals surface area contributed by atoms with Crippen molar-refractivity contribution in [3.8, 4) is 6.07 Å². The molecule has 2 heterocycles. The van der Waals surface area contributed by atoms with Crippen LogP contribution < -0.4 is 5.32 Å². The summed E-state index contributed by atoms with van der Waals surface area (Å²) in [5, 5.41) is 17.6. The Hall–Kier alpha value is -1.50. The van der Waals surface area contributed by atoms with Crippen LogP contribution in [-0.2, 0) is 6.54 Å². The molecule has 24 heavy (non-hydrogen) atoms. The Bertz CT molecular complexity index is 541. The normalized spacial score (nSPS) is 18.0. The van der Waals surface area contributed by atoms with Gasteiger partial charge in [0.05, 0.1) is 5.69 Å². The van der Waals surface area contributed by atoms with Crippen molar-refractivity contribution in [3.05, 3.63) is 11.3 Å². The highest BCUT2D eigenvalue weighted by atomic mass is 15.3. The number of nitriles is 1. The van der Waals surface area contributed by atoms with Gasteiger partial charge in [0.2, 0.25) is 0 Å². The summed E-state index contributed by atoms with van der Waals surface area (Å²) < 4.78 is 2.10. The number of nitrogens with one attached hydrogen (secondary N) is 1. The van der Waals surface area contributed by atoms with Crippen molar-refractivity contribution in [3.63, 3.8) is 0 Å². The highest BCUT2D eigenvalue weighted by Gasteiger charge is 2.31. The average molecular weight is 331 g/mol. The minimum atomic E-state index is 0.490. The van der Waals surface area contributed by atoms with Crippen LogP contribution in [0.15, 0.2) is 0 Å². The number of aromatic nitrogens is 2. The van der Waals surface area contributed by atoms with Gasteiger partial charge in [-0.3, -0.25) is 4.68 Å². The Balaban J connectivity index is 1.99. The minimum Gasteiger partial charge on any atom is -0.368 e. The Labute approximate surface area is 147 Å². The maximum atomic E-state index is 9.64. The van der Waals surface area contributed by atoms with Gasteiger partial charge in [-0.15, -0.1) is 0 Å². The summed E-state index contributed by atoms with van der Waals surface area (Å²) in [6, 6.07) is 2.42. The van der Waals surface area contributed by atoms with Crippen LogP contribution >= 0.6 is 0 Å². The first-order valence-electron chi connectivity index (χ1n) is 9.97. The Kier molecular flexibility index (Phi) is 7.62. The zero-order valence-corrected chi connectivity index (χ0v) is 15.8. The first-order chi connectivity index (χ1) is 11.7. The third kappa shape index (κ3) is 4.53. The van der Waals surface area contributed by atoms with Crippen molar-refractivity contribution >= 4 is 5.82 Å². The first-order valence-corrected chi connectivity index (χ1v) is 9.97. The number of fused-ring (bicyclic) bond motifs is 1. The minimum absolute atomic E-state index is 0.490. The lowest BCUT2D eigenvalue weighted by molar-refractivity contribution is 0.322. The zero-order chi connectivity index (χ0) is 17.4. The van der Waals surface area contributed by atoms with E-state index in [0.717, 1.165) is 24.5 Å². The molecule has 2 rings (SSSR count). The molecule has 1 N–H and O–H groups in total. The fourth-order valence-corrected chi connectivity index (χ4v) is 4.02. The van der Waals surface area contributed by atoms with Gasteiger partial charge in [-0.25, -0.2) is 0 Å². The summed E-state index contributed by atoms with van der Waals surface area (Å²) in [7, 11) is 0. The third-order valence-electron chi connectivity index (χ3n) is 5.38. The molecule has 0 bridgehead atoms. The molecular weight excluding hydrogens is 296 g/mol. The van der Waals surface area contributed by atoms with E-state index in [1.165, 1.54) is 63.5 Å². The molecule has 1 aliphatic rings. The van der Waals surface area contributed by atoms with E-state index in [9.17, 15) is 5.26 Å². The third-order valence-corrected chi connectivity index (χ3v) is 5.38. The van der Waals surface area contributed by atoms with Crippen LogP contribution in [0, 0.1) is 17.2 Å². The number of hydrogen-bond acceptors (Lipinski definition) is 3. The molecule has 0 amide bonds. The van der Waals surface area contributed by atoms with Crippen LogP contribution in [0.5, 0.6) is 0 Å². The van der Waals surface area contributed by atoms with Gasteiger partial charge in [0.1, 0.15) is 11.6 Å². The van der Waals surface area contributed by atoms with Gasteiger partial charge in [0.15, 0.2) is 5.82 Å². The molecule has 0 spiro atoms. The van der Waals surface area contributed by atoms with E-state index in [1.807, 2.05) is 0 Å². The van der Waals surface area contributed by atoms with Gasteiger partial charge in [-0.05, 0) is 25.7 Å². The molecule has 0 radical (unpaired) electrons. The van der Waals surface area contributed by atoms with E-state index in [-0.39, 0.29) is 0 Å². The second kappa shape index (κ2) is 9.71. The SMILES string of the molecule is CCCCCCCCC(C)C1CCCn2nc(NCC)c(C#N)c21. The molecule has 1 aromatic heterocycles. The molecule has 0 saturated carbocycles. The van der Waals surface area contributed by atoms with Crippen LogP contribution in [0.2, 0.25) is 0 Å². The molecule has 2 atom stereocenters. The van der Waals surface area contributed by atoms with Gasteiger partial charge >= 0.3 is 0 Å². The van der Waals surface area contributed by atoms with Gasteiger partial charge in [0, 0.05) is 19.0 Å². The summed E-state index contributed by atoms with van der Waals surface area (Å²) in [6.45, 7) is 8.45. The maximum absolute atomic E-state index is 9.64. The Morgan fingerprint density at radius 1 is 1.25 bits per heavy atom. The molecule has 1 aliphatic heterocycles. The highest BCUT2D eigenvalue weighted by molar-refractivity contribution is 5.56. The van der Waals surface area contributed by atoms with Crippen LogP contribution in [0.4, 0.5) is 5.82 Å². The van der Waals surface area contributed by atoms with Crippen molar-refractivity contribution in [1.29, 1.82) is 5.26 Å². The monoisotopic (exact) mass is 330 g/mol. The molecule has 0 aromatic carbocycles. The molecule has 1 aromatic rings. The highest BCUT2D eigenvalue weighted by Crippen LogP contribution is 2.39. The molecule has 0 aliphatic carbocycles. The fourth-order valence-electron chi connectivity index (χ4n) is 4.02. The summed E-state index contributed by atoms with van der Waals surface area (Å²) in [6.07, 6.45) is 11.7. The van der Waals surface area contributed by atoms with Crippen molar-refractivity contribution < 1.29 is 0 Å². The predicted octanol–water partition coefficient (Wildman–Crippen LogP) is 5.45. The summed E-state index contributed by atoms with van der Waals surface area (Å²) in [4.78, 5) is 0. The van der Waals surface area contributed by atoms with Crippen molar-refractivity contribution in [1.82, 2.24) is 9.78 Å². The zero-order valence-electron chi connectivity index (χ0n) is 15.8. The lowest BCUT2D eigenvalue weighted by Gasteiger charge is -2.29. The second-order valence-electron chi connectivity index (χ2n) is 7.26. The van der Waals surface area contributed by atoms with Crippen LogP contribution in [0.25, 0.3) is 0 Å². The largest absolute Gasteiger partial charge is 0.368 e. The average Bonchev–Trinajstić information content (AvgIpc) is 2.95. The smallest absolute Gasteiger partial charge is 0.166 e. The number of unbranched alkanes of at least 4 members (excludes halogenated alkanes) is 5. The van der Waals surface area contributed by atoms with Gasteiger partial charge in [-0.1, -0.05) is 58.8 Å². The number of nitrogens with zero attached hydrogens (tertiary/aromatic N) is 3. The van der Waals surface area contributed by atoms with Gasteiger partial charge in [0.25, 0.3) is 0 Å². The quantitative estimate of drug-likeness (QED) is 0.580. The number of anilines is 1. The van der Waals surface area contributed by atoms with E-state index in [1.54, 1.807) is 0 Å². The number of hydrogen-bond donors (Lipinski definition) is 1. The maximum Gasteiger partial charge on any atom is 0.166 e. The lowest BCUT2D eigenvalue weighted by Crippen LogP contribution is -2.22. The number of rotatable bonds is 10. The molecule has 0 fully saturated rings. The fraction of sp³-hybridized carbons (Fsp3) is 0.800. The Morgan fingerprint density at radius 2 is 2.00 bits per heavy atom. The van der Waals surface area contributed by atoms with E-state index < -0.39 is 0 Å².